The molecule has 1 atom stereocenters. The molecule has 96 valence electrons. The lowest BCUT2D eigenvalue weighted by molar-refractivity contribution is -0.139. The van der Waals surface area contributed by atoms with E-state index in [1.807, 2.05) is 6.92 Å². The molecule has 18 heavy (non-hydrogen) atoms. The van der Waals surface area contributed by atoms with Crippen LogP contribution in [0.15, 0.2) is 30.3 Å². The highest BCUT2D eigenvalue weighted by Gasteiger charge is 2.39. The van der Waals surface area contributed by atoms with Gasteiger partial charge in [0, 0.05) is 5.54 Å². The van der Waals surface area contributed by atoms with E-state index in [9.17, 15) is 9.59 Å². The Morgan fingerprint density at radius 3 is 2.39 bits per heavy atom. The van der Waals surface area contributed by atoms with E-state index in [-0.39, 0.29) is 5.54 Å². The van der Waals surface area contributed by atoms with Gasteiger partial charge < -0.3 is 15.7 Å². The van der Waals surface area contributed by atoms with Crippen LogP contribution < -0.4 is 10.6 Å². The van der Waals surface area contributed by atoms with Gasteiger partial charge in [0.05, 0.1) is 0 Å². The highest BCUT2D eigenvalue weighted by molar-refractivity contribution is 5.84. The summed E-state index contributed by atoms with van der Waals surface area (Å²) in [5, 5.41) is 14.4. The summed E-state index contributed by atoms with van der Waals surface area (Å²) >= 11 is 0. The van der Waals surface area contributed by atoms with Gasteiger partial charge in [-0.2, -0.15) is 0 Å². The van der Waals surface area contributed by atoms with Crippen molar-refractivity contribution in [1.29, 1.82) is 0 Å². The van der Waals surface area contributed by atoms with Crippen molar-refractivity contribution >= 4 is 12.0 Å². The van der Waals surface area contributed by atoms with Gasteiger partial charge in [0.25, 0.3) is 0 Å². The van der Waals surface area contributed by atoms with Crippen molar-refractivity contribution in [3.63, 3.8) is 0 Å². The third-order valence-corrected chi connectivity index (χ3v) is 3.07. The van der Waals surface area contributed by atoms with Gasteiger partial charge in [0.2, 0.25) is 0 Å². The maximum atomic E-state index is 11.7. The quantitative estimate of drug-likeness (QED) is 0.758. The fourth-order valence-electron chi connectivity index (χ4n) is 1.69. The number of amides is 2. The number of carboxylic acids is 1. The Morgan fingerprint density at radius 2 is 1.89 bits per heavy atom. The van der Waals surface area contributed by atoms with Gasteiger partial charge in [0.15, 0.2) is 6.04 Å². The Hall–Kier alpha value is -2.04. The fraction of sp³-hybridized carbons (Fsp3) is 0.385. The first-order valence-corrected chi connectivity index (χ1v) is 5.87. The van der Waals surface area contributed by atoms with E-state index < -0.39 is 18.0 Å². The van der Waals surface area contributed by atoms with Crippen LogP contribution in [0.25, 0.3) is 0 Å². The van der Waals surface area contributed by atoms with Crippen LogP contribution in [-0.2, 0) is 4.79 Å². The Balaban J connectivity index is 2.03. The molecule has 0 heterocycles. The number of benzene rings is 1. The van der Waals surface area contributed by atoms with Crippen molar-refractivity contribution in [2.75, 3.05) is 0 Å². The zero-order chi connectivity index (χ0) is 13.2. The van der Waals surface area contributed by atoms with Crippen molar-refractivity contribution in [3.05, 3.63) is 35.9 Å². The van der Waals surface area contributed by atoms with E-state index in [1.165, 1.54) is 0 Å². The van der Waals surface area contributed by atoms with Crippen LogP contribution in [0.4, 0.5) is 4.79 Å². The van der Waals surface area contributed by atoms with E-state index in [1.54, 1.807) is 30.3 Å². The zero-order valence-corrected chi connectivity index (χ0v) is 10.1. The van der Waals surface area contributed by atoms with Crippen molar-refractivity contribution in [1.82, 2.24) is 10.6 Å². The minimum atomic E-state index is -1.07. The lowest BCUT2D eigenvalue weighted by atomic mass is 10.1. The lowest BCUT2D eigenvalue weighted by Crippen LogP contribution is -2.45. The molecule has 0 saturated heterocycles. The highest BCUT2D eigenvalue weighted by Crippen LogP contribution is 2.34. The number of carboxylic acid groups (broad SMARTS) is 1. The Kier molecular flexibility index (Phi) is 3.23. The van der Waals surface area contributed by atoms with Gasteiger partial charge in [-0.15, -0.1) is 0 Å². The normalized spacial score (nSPS) is 17.6. The minimum absolute atomic E-state index is 0.163. The summed E-state index contributed by atoms with van der Waals surface area (Å²) in [6.07, 6.45) is 1.87. The third-order valence-electron chi connectivity index (χ3n) is 3.07. The number of nitrogens with one attached hydrogen (secondary N) is 2. The summed E-state index contributed by atoms with van der Waals surface area (Å²) in [5.74, 6) is -1.07. The highest BCUT2D eigenvalue weighted by atomic mass is 16.4. The van der Waals surface area contributed by atoms with E-state index in [4.69, 9.17) is 5.11 Å². The van der Waals surface area contributed by atoms with Crippen LogP contribution in [0, 0.1) is 0 Å². The average molecular weight is 248 g/mol. The maximum Gasteiger partial charge on any atom is 0.330 e. The molecule has 0 bridgehead atoms. The van der Waals surface area contributed by atoms with Crippen LogP contribution in [0.3, 0.4) is 0 Å². The van der Waals surface area contributed by atoms with E-state index >= 15 is 0 Å². The largest absolute Gasteiger partial charge is 0.479 e. The van der Waals surface area contributed by atoms with Gasteiger partial charge >= 0.3 is 12.0 Å². The lowest BCUT2D eigenvalue weighted by Gasteiger charge is -2.18. The number of carbonyl (C=O) groups is 2. The molecule has 2 rings (SSSR count). The molecule has 0 aliphatic heterocycles. The van der Waals surface area contributed by atoms with Gasteiger partial charge in [-0.25, -0.2) is 9.59 Å². The average Bonchev–Trinajstić information content (AvgIpc) is 3.04. The number of urea groups is 1. The number of aliphatic carboxylic acids is 1. The van der Waals surface area contributed by atoms with Crippen molar-refractivity contribution < 1.29 is 14.7 Å². The molecule has 2 amide bonds. The predicted octanol–water partition coefficient (Wildman–Crippen LogP) is 1.66. The molecule has 0 spiro atoms. The standard InChI is InChI=1S/C13H16N2O3/c1-13(7-8-13)15-12(18)14-10(11(16)17)9-5-3-2-4-6-9/h2-6,10H,7-8H2,1H3,(H,16,17)(H2,14,15,18). The molecule has 0 radical (unpaired) electrons. The number of rotatable bonds is 4. The van der Waals surface area contributed by atoms with Gasteiger partial charge in [0.1, 0.15) is 0 Å². The zero-order valence-electron chi connectivity index (χ0n) is 10.1. The number of hydrogen-bond acceptors (Lipinski definition) is 2. The smallest absolute Gasteiger partial charge is 0.330 e. The second kappa shape index (κ2) is 4.68. The number of carbonyl (C=O) groups excluding carboxylic acids is 1. The Labute approximate surface area is 105 Å². The molecular weight excluding hydrogens is 232 g/mol. The summed E-state index contributed by atoms with van der Waals surface area (Å²) in [6.45, 7) is 1.94. The summed E-state index contributed by atoms with van der Waals surface area (Å²) in [5.41, 5.74) is 0.394. The summed E-state index contributed by atoms with van der Waals surface area (Å²) in [6, 6.07) is 7.18. The molecule has 5 nitrogen and oxygen atoms in total. The molecule has 0 aromatic heterocycles. The molecule has 1 unspecified atom stereocenters. The van der Waals surface area contributed by atoms with Crippen LogP contribution in [-0.4, -0.2) is 22.6 Å². The summed E-state index contributed by atoms with van der Waals surface area (Å²) in [4.78, 5) is 22.9. The molecule has 1 aliphatic carbocycles. The van der Waals surface area contributed by atoms with E-state index in [0.717, 1.165) is 12.8 Å². The second-order valence-electron chi connectivity index (χ2n) is 4.84. The first kappa shape index (κ1) is 12.4. The maximum absolute atomic E-state index is 11.7. The SMILES string of the molecule is CC1(NC(=O)NC(C(=O)O)c2ccccc2)CC1. The monoisotopic (exact) mass is 248 g/mol. The molecule has 5 heteroatoms. The van der Waals surface area contributed by atoms with Gasteiger partial charge in [-0.3, -0.25) is 0 Å². The number of hydrogen-bond donors (Lipinski definition) is 3. The molecule has 1 aromatic carbocycles. The predicted molar refractivity (Wildman–Crippen MR) is 66.1 cm³/mol. The van der Waals surface area contributed by atoms with E-state index in [2.05, 4.69) is 10.6 Å². The third kappa shape index (κ3) is 3.00. The molecular formula is C13H16N2O3. The van der Waals surface area contributed by atoms with Crippen LogP contribution >= 0.6 is 0 Å². The van der Waals surface area contributed by atoms with Gasteiger partial charge in [-0.1, -0.05) is 30.3 Å². The fourth-order valence-corrected chi connectivity index (χ4v) is 1.69. The summed E-state index contributed by atoms with van der Waals surface area (Å²) in [7, 11) is 0. The Bertz CT molecular complexity index is 455. The topological polar surface area (TPSA) is 78.4 Å². The van der Waals surface area contributed by atoms with Crippen LogP contribution in [0.5, 0.6) is 0 Å². The first-order valence-electron chi connectivity index (χ1n) is 5.87. The molecule has 1 fully saturated rings. The molecule has 1 aromatic rings. The first-order chi connectivity index (χ1) is 8.50. The molecule has 1 saturated carbocycles. The Morgan fingerprint density at radius 1 is 1.28 bits per heavy atom. The van der Waals surface area contributed by atoms with Crippen molar-refractivity contribution in [2.45, 2.75) is 31.3 Å². The molecule has 1 aliphatic rings. The minimum Gasteiger partial charge on any atom is -0.479 e. The second-order valence-corrected chi connectivity index (χ2v) is 4.84. The van der Waals surface area contributed by atoms with Crippen LogP contribution in [0.2, 0.25) is 0 Å². The molecule has 3 N–H and O–H groups in total. The van der Waals surface area contributed by atoms with Crippen molar-refractivity contribution in [2.24, 2.45) is 0 Å². The van der Waals surface area contributed by atoms with Gasteiger partial charge in [-0.05, 0) is 25.3 Å². The van der Waals surface area contributed by atoms with Crippen molar-refractivity contribution in [3.8, 4) is 0 Å². The summed E-state index contributed by atoms with van der Waals surface area (Å²) < 4.78 is 0. The van der Waals surface area contributed by atoms with E-state index in [0.29, 0.717) is 5.56 Å². The van der Waals surface area contributed by atoms with Crippen LogP contribution in [0.1, 0.15) is 31.4 Å².